The zero-order valence-corrected chi connectivity index (χ0v) is 28.9. The van der Waals surface area contributed by atoms with Crippen LogP contribution in [0.2, 0.25) is 0 Å². The lowest BCUT2D eigenvalue weighted by molar-refractivity contribution is 0.983. The van der Waals surface area contributed by atoms with Crippen LogP contribution in [0.25, 0.3) is 82.4 Å². The van der Waals surface area contributed by atoms with Crippen molar-refractivity contribution in [1.29, 1.82) is 0 Å². The topological polar surface area (TPSA) is 0 Å². The van der Waals surface area contributed by atoms with Gasteiger partial charge in [-0.3, -0.25) is 0 Å². The first-order chi connectivity index (χ1) is 25.8. The summed E-state index contributed by atoms with van der Waals surface area (Å²) in [5.74, 6) is 0. The summed E-state index contributed by atoms with van der Waals surface area (Å²) in [5, 5.41) is 7.68. The molecule has 0 saturated carbocycles. The molecule has 0 saturated heterocycles. The van der Waals surface area contributed by atoms with Crippen molar-refractivity contribution in [3.63, 3.8) is 0 Å². The number of benzene rings is 9. The Balaban J connectivity index is 1.37. The van der Waals surface area contributed by atoms with Crippen LogP contribution < -0.4 is 0 Å². The van der Waals surface area contributed by atoms with Gasteiger partial charge in [0.25, 0.3) is 0 Å². The monoisotopic (exact) mass is 660 g/mol. The van der Waals surface area contributed by atoms with E-state index < -0.39 is 0 Å². The number of hydrogen-bond acceptors (Lipinski definition) is 0. The third-order valence-electron chi connectivity index (χ3n) is 10.9. The Morgan fingerprint density at radius 2 is 0.846 bits per heavy atom. The van der Waals surface area contributed by atoms with Gasteiger partial charge in [-0.2, -0.15) is 0 Å². The van der Waals surface area contributed by atoms with E-state index in [1.807, 2.05) is 0 Å². The summed E-state index contributed by atoms with van der Waals surface area (Å²) >= 11 is 0. The van der Waals surface area contributed by atoms with Gasteiger partial charge in [0, 0.05) is 0 Å². The average Bonchev–Trinajstić information content (AvgIpc) is 3.22. The third-order valence-corrected chi connectivity index (χ3v) is 10.9. The highest BCUT2D eigenvalue weighted by atomic mass is 14.3. The van der Waals surface area contributed by atoms with E-state index in [9.17, 15) is 0 Å². The zero-order chi connectivity index (χ0) is 34.4. The third kappa shape index (κ3) is 4.99. The number of rotatable bonds is 5. The van der Waals surface area contributed by atoms with E-state index in [1.165, 1.54) is 99.1 Å². The maximum Gasteiger partial charge on any atom is -0.00170 e. The predicted molar refractivity (Wildman–Crippen MR) is 223 cm³/mol. The Kier molecular flexibility index (Phi) is 7.40. The van der Waals surface area contributed by atoms with Crippen molar-refractivity contribution in [1.82, 2.24) is 0 Å². The summed E-state index contributed by atoms with van der Waals surface area (Å²) in [5.41, 5.74) is 15.6. The summed E-state index contributed by atoms with van der Waals surface area (Å²) in [7, 11) is 0. The fourth-order valence-electron chi connectivity index (χ4n) is 8.70. The molecular weight excluding hydrogens is 625 g/mol. The second-order valence-corrected chi connectivity index (χ2v) is 13.9. The van der Waals surface area contributed by atoms with E-state index in [-0.39, 0.29) is 0 Å². The summed E-state index contributed by atoms with van der Waals surface area (Å²) < 4.78 is 0. The van der Waals surface area contributed by atoms with Gasteiger partial charge in [-0.15, -0.1) is 0 Å². The largest absolute Gasteiger partial charge is 0.0757 e. The number of allylic oxidation sites excluding steroid dienone is 1. The van der Waals surface area contributed by atoms with Gasteiger partial charge in [0.15, 0.2) is 0 Å². The van der Waals surface area contributed by atoms with Gasteiger partial charge in [-0.25, -0.2) is 0 Å². The van der Waals surface area contributed by atoms with E-state index in [4.69, 9.17) is 0 Å². The predicted octanol–water partition coefficient (Wildman–Crippen LogP) is 14.2. The average molecular weight is 661 g/mol. The fraction of sp³-hybridized carbons (Fsp3) is 0.0385. The molecule has 9 aromatic carbocycles. The molecule has 0 nitrogen and oxygen atoms in total. The second kappa shape index (κ2) is 12.7. The summed E-state index contributed by atoms with van der Waals surface area (Å²) in [6.45, 7) is 0. The molecule has 0 aliphatic heterocycles. The quantitative estimate of drug-likeness (QED) is 0.172. The van der Waals surface area contributed by atoms with Gasteiger partial charge in [0.1, 0.15) is 0 Å². The SMILES string of the molecule is C1=C(c2ccccc2)c2c(c(-c3cccc(-c4cccc5ccccc45)c3)c3c(-c4ccccc4)cccc3c2-c2cccc3ccccc23)CC1. The van der Waals surface area contributed by atoms with Crippen LogP contribution in [-0.4, -0.2) is 0 Å². The Morgan fingerprint density at radius 1 is 0.327 bits per heavy atom. The molecule has 0 fully saturated rings. The highest BCUT2D eigenvalue weighted by Gasteiger charge is 2.28. The van der Waals surface area contributed by atoms with Crippen LogP contribution in [0, 0.1) is 0 Å². The minimum atomic E-state index is 0.969. The Bertz CT molecular complexity index is 2810. The Hall–Kier alpha value is -6.50. The highest BCUT2D eigenvalue weighted by Crippen LogP contribution is 2.52. The van der Waals surface area contributed by atoms with Crippen molar-refractivity contribution in [3.8, 4) is 44.5 Å². The number of hydrogen-bond donors (Lipinski definition) is 0. The first-order valence-corrected chi connectivity index (χ1v) is 18.3. The molecule has 10 rings (SSSR count). The van der Waals surface area contributed by atoms with Gasteiger partial charge in [-0.05, 0) is 118 Å². The van der Waals surface area contributed by atoms with Crippen molar-refractivity contribution in [2.24, 2.45) is 0 Å². The summed E-state index contributed by atoms with van der Waals surface area (Å²) in [4.78, 5) is 0. The molecule has 0 spiro atoms. The summed E-state index contributed by atoms with van der Waals surface area (Å²) in [6, 6.07) is 69.3. The van der Waals surface area contributed by atoms with Crippen LogP contribution in [0.5, 0.6) is 0 Å². The maximum atomic E-state index is 2.48. The lowest BCUT2D eigenvalue weighted by Crippen LogP contribution is -2.08. The van der Waals surface area contributed by atoms with Crippen molar-refractivity contribution in [3.05, 3.63) is 211 Å². The molecule has 0 amide bonds. The van der Waals surface area contributed by atoms with E-state index in [0.717, 1.165) is 12.8 Å². The van der Waals surface area contributed by atoms with Crippen LogP contribution in [0.3, 0.4) is 0 Å². The minimum absolute atomic E-state index is 0.969. The Morgan fingerprint density at radius 3 is 1.60 bits per heavy atom. The Labute approximate surface area is 305 Å². The van der Waals surface area contributed by atoms with Crippen molar-refractivity contribution >= 4 is 37.9 Å². The molecule has 0 heteroatoms. The van der Waals surface area contributed by atoms with Crippen LogP contribution in [0.1, 0.15) is 23.1 Å². The standard InChI is InChI=1S/C52H36/c1-3-16-37(17-4-1)44-29-15-33-48-50(44)49(40-25-11-24-39(34-40)43-28-12-22-35-20-7-9-26-41(35)43)47-32-14-30-45(38-18-5-2-6-19-38)51(47)52(48)46-31-13-23-36-21-8-10-27-42(36)46/h1-13,15-31,33-34H,14,32H2. The van der Waals surface area contributed by atoms with E-state index in [0.29, 0.717) is 0 Å². The van der Waals surface area contributed by atoms with Crippen LogP contribution in [0.15, 0.2) is 194 Å². The van der Waals surface area contributed by atoms with Crippen molar-refractivity contribution in [2.75, 3.05) is 0 Å². The highest BCUT2D eigenvalue weighted by molar-refractivity contribution is 6.19. The van der Waals surface area contributed by atoms with Crippen LogP contribution >= 0.6 is 0 Å². The molecule has 0 unspecified atom stereocenters. The molecule has 0 N–H and O–H groups in total. The minimum Gasteiger partial charge on any atom is -0.0757 e. The lowest BCUT2D eigenvalue weighted by atomic mass is 9.74. The molecule has 244 valence electrons. The second-order valence-electron chi connectivity index (χ2n) is 13.9. The molecule has 0 atom stereocenters. The fourth-order valence-corrected chi connectivity index (χ4v) is 8.70. The van der Waals surface area contributed by atoms with E-state index >= 15 is 0 Å². The van der Waals surface area contributed by atoms with E-state index in [1.54, 1.807) is 0 Å². The molecule has 9 aromatic rings. The smallest absolute Gasteiger partial charge is 0.00170 e. The molecule has 0 bridgehead atoms. The van der Waals surface area contributed by atoms with Gasteiger partial charge >= 0.3 is 0 Å². The normalized spacial score (nSPS) is 12.6. The van der Waals surface area contributed by atoms with E-state index in [2.05, 4.69) is 194 Å². The van der Waals surface area contributed by atoms with Gasteiger partial charge in [0.05, 0.1) is 0 Å². The van der Waals surface area contributed by atoms with Crippen LogP contribution in [0.4, 0.5) is 0 Å². The van der Waals surface area contributed by atoms with Gasteiger partial charge < -0.3 is 0 Å². The van der Waals surface area contributed by atoms with Gasteiger partial charge in [-0.1, -0.05) is 188 Å². The molecule has 52 heavy (non-hydrogen) atoms. The lowest BCUT2D eigenvalue weighted by Gasteiger charge is -2.29. The first-order valence-electron chi connectivity index (χ1n) is 18.3. The molecule has 0 heterocycles. The molecule has 1 aliphatic rings. The van der Waals surface area contributed by atoms with Crippen molar-refractivity contribution < 1.29 is 0 Å². The maximum absolute atomic E-state index is 2.48. The molecule has 0 radical (unpaired) electrons. The van der Waals surface area contributed by atoms with Gasteiger partial charge in [0.2, 0.25) is 0 Å². The molecule has 1 aliphatic carbocycles. The van der Waals surface area contributed by atoms with Crippen molar-refractivity contribution in [2.45, 2.75) is 12.8 Å². The van der Waals surface area contributed by atoms with Crippen LogP contribution in [-0.2, 0) is 6.42 Å². The molecule has 0 aromatic heterocycles. The number of fused-ring (bicyclic) bond motifs is 4. The summed E-state index contributed by atoms with van der Waals surface area (Å²) in [6.07, 6.45) is 4.44. The molecular formula is C52H36. The zero-order valence-electron chi connectivity index (χ0n) is 28.9. The first kappa shape index (κ1) is 30.3.